The fourth-order valence-electron chi connectivity index (χ4n) is 3.09. The van der Waals surface area contributed by atoms with E-state index >= 15 is 0 Å². The molecule has 1 aliphatic rings. The molecule has 148 valence electrons. The molecule has 0 saturated heterocycles. The Hall–Kier alpha value is -2.61. The molecular formula is C19H27FN3O4+. The van der Waals surface area contributed by atoms with Crippen LogP contribution in [0.1, 0.15) is 26.3 Å². The molecule has 0 aromatic heterocycles. The van der Waals surface area contributed by atoms with Gasteiger partial charge in [-0.15, -0.1) is 0 Å². The van der Waals surface area contributed by atoms with Crippen LogP contribution in [0.15, 0.2) is 29.5 Å². The van der Waals surface area contributed by atoms with E-state index in [2.05, 4.69) is 10.6 Å². The number of nitrogens with one attached hydrogen (secondary N) is 3. The number of urea groups is 1. The third-order valence-electron chi connectivity index (χ3n) is 4.46. The summed E-state index contributed by atoms with van der Waals surface area (Å²) in [5.41, 5.74) is 1.76. The molecule has 1 unspecified atom stereocenters. The first kappa shape index (κ1) is 20.7. The lowest BCUT2D eigenvalue weighted by Crippen LogP contribution is -3.10. The van der Waals surface area contributed by atoms with E-state index in [1.807, 2.05) is 13.0 Å². The zero-order valence-electron chi connectivity index (χ0n) is 16.1. The predicted molar refractivity (Wildman–Crippen MR) is 97.8 cm³/mol. The molecular weight excluding hydrogens is 353 g/mol. The maximum atomic E-state index is 13.9. The second kappa shape index (κ2) is 9.36. The summed E-state index contributed by atoms with van der Waals surface area (Å²) < 4.78 is 24.0. The monoisotopic (exact) mass is 380 g/mol. The fraction of sp³-hybridized carbons (Fsp3) is 0.474. The molecule has 1 heterocycles. The Labute approximate surface area is 158 Å². The number of benzene rings is 1. The maximum Gasteiger partial charge on any atom is 0.338 e. The van der Waals surface area contributed by atoms with Gasteiger partial charge >= 0.3 is 12.0 Å². The molecule has 2 amide bonds. The van der Waals surface area contributed by atoms with E-state index in [0.29, 0.717) is 24.4 Å². The average Bonchev–Trinajstić information content (AvgIpc) is 2.61. The van der Waals surface area contributed by atoms with Gasteiger partial charge in [0.05, 0.1) is 37.6 Å². The summed E-state index contributed by atoms with van der Waals surface area (Å²) in [6, 6.07) is 4.05. The molecule has 2 atom stereocenters. The summed E-state index contributed by atoms with van der Waals surface area (Å²) >= 11 is 0. The molecule has 1 aliphatic heterocycles. The number of likely N-dealkylation sites (N-methyl/N-ethyl adjacent to an activating group) is 1. The Kier molecular flexibility index (Phi) is 7.18. The zero-order chi connectivity index (χ0) is 20.0. The molecule has 7 nitrogen and oxygen atoms in total. The van der Waals surface area contributed by atoms with E-state index < -0.39 is 17.8 Å². The van der Waals surface area contributed by atoms with Gasteiger partial charge in [-0.25, -0.2) is 14.0 Å². The molecule has 0 fully saturated rings. The van der Waals surface area contributed by atoms with Crippen molar-refractivity contribution in [3.8, 4) is 5.75 Å². The second-order valence-corrected chi connectivity index (χ2v) is 6.36. The van der Waals surface area contributed by atoms with Crippen LogP contribution >= 0.6 is 0 Å². The van der Waals surface area contributed by atoms with Gasteiger partial charge in [0.15, 0.2) is 11.6 Å². The van der Waals surface area contributed by atoms with E-state index in [1.54, 1.807) is 19.9 Å². The minimum absolute atomic E-state index is 0.198. The van der Waals surface area contributed by atoms with Crippen LogP contribution in [0.5, 0.6) is 5.75 Å². The van der Waals surface area contributed by atoms with Gasteiger partial charge in [0.1, 0.15) is 13.1 Å². The van der Waals surface area contributed by atoms with Crippen molar-refractivity contribution in [1.29, 1.82) is 0 Å². The molecule has 0 saturated carbocycles. The number of methoxy groups -OCH3 is 1. The van der Waals surface area contributed by atoms with E-state index in [4.69, 9.17) is 9.47 Å². The minimum atomic E-state index is -0.446. The number of hydrogen-bond acceptors (Lipinski definition) is 4. The molecule has 1 aromatic rings. The molecule has 27 heavy (non-hydrogen) atoms. The van der Waals surface area contributed by atoms with Gasteiger partial charge in [0.25, 0.3) is 0 Å². The predicted octanol–water partition coefficient (Wildman–Crippen LogP) is 0.758. The quantitative estimate of drug-likeness (QED) is 0.582. The van der Waals surface area contributed by atoms with Crippen molar-refractivity contribution in [1.82, 2.24) is 10.6 Å². The number of ether oxygens (including phenoxy) is 2. The first-order valence-corrected chi connectivity index (χ1v) is 9.03. The fourth-order valence-corrected chi connectivity index (χ4v) is 3.09. The zero-order valence-corrected chi connectivity index (χ0v) is 16.1. The number of hydrogen-bond donors (Lipinski definition) is 3. The van der Waals surface area contributed by atoms with Crippen LogP contribution in [0.3, 0.4) is 0 Å². The first-order valence-electron chi connectivity index (χ1n) is 9.03. The van der Waals surface area contributed by atoms with E-state index in [1.165, 1.54) is 13.2 Å². The SMILES string of the molecule is CCOC(=O)C1=C(C[NH+](CC)Cc2ccc(OC)c(F)c2)NC(=O)N[C@@H]1C. The molecule has 1 aromatic carbocycles. The van der Waals surface area contributed by atoms with Crippen molar-refractivity contribution < 1.29 is 28.4 Å². The van der Waals surface area contributed by atoms with Crippen molar-refractivity contribution in [3.63, 3.8) is 0 Å². The number of halogens is 1. The smallest absolute Gasteiger partial charge is 0.338 e. The normalized spacial score (nSPS) is 17.8. The van der Waals surface area contributed by atoms with Gasteiger partial charge in [0, 0.05) is 5.56 Å². The van der Waals surface area contributed by atoms with Gasteiger partial charge in [0.2, 0.25) is 0 Å². The van der Waals surface area contributed by atoms with Crippen LogP contribution in [-0.2, 0) is 16.1 Å². The van der Waals surface area contributed by atoms with Crippen molar-refractivity contribution in [2.75, 3.05) is 26.8 Å². The molecule has 0 bridgehead atoms. The van der Waals surface area contributed by atoms with Gasteiger partial charge in [-0.05, 0) is 39.0 Å². The van der Waals surface area contributed by atoms with Crippen LogP contribution in [-0.4, -0.2) is 44.8 Å². The Bertz CT molecular complexity index is 736. The summed E-state index contributed by atoms with van der Waals surface area (Å²) in [6.07, 6.45) is 0. The van der Waals surface area contributed by atoms with Crippen LogP contribution in [0, 0.1) is 5.82 Å². The van der Waals surface area contributed by atoms with E-state index in [9.17, 15) is 14.0 Å². The summed E-state index contributed by atoms with van der Waals surface area (Å²) in [7, 11) is 1.42. The summed E-state index contributed by atoms with van der Waals surface area (Å²) in [5, 5.41) is 5.41. The lowest BCUT2D eigenvalue weighted by Gasteiger charge is -2.28. The summed E-state index contributed by atoms with van der Waals surface area (Å²) in [4.78, 5) is 25.3. The molecule has 8 heteroatoms. The largest absolute Gasteiger partial charge is 0.494 e. The van der Waals surface area contributed by atoms with Crippen molar-refractivity contribution in [2.45, 2.75) is 33.4 Å². The third-order valence-corrected chi connectivity index (χ3v) is 4.46. The van der Waals surface area contributed by atoms with Gasteiger partial charge in [-0.3, -0.25) is 0 Å². The Morgan fingerprint density at radius 2 is 2.04 bits per heavy atom. The molecule has 2 rings (SSSR count). The Balaban J connectivity index is 2.23. The lowest BCUT2D eigenvalue weighted by molar-refractivity contribution is -0.907. The molecule has 0 aliphatic carbocycles. The highest BCUT2D eigenvalue weighted by molar-refractivity contribution is 5.94. The van der Waals surface area contributed by atoms with Crippen LogP contribution in [0.25, 0.3) is 0 Å². The van der Waals surface area contributed by atoms with Crippen molar-refractivity contribution in [2.24, 2.45) is 0 Å². The number of carbonyl (C=O) groups is 2. The molecule has 0 radical (unpaired) electrons. The lowest BCUT2D eigenvalue weighted by atomic mass is 10.0. The highest BCUT2D eigenvalue weighted by atomic mass is 19.1. The van der Waals surface area contributed by atoms with E-state index in [-0.39, 0.29) is 18.4 Å². The first-order chi connectivity index (χ1) is 12.9. The number of esters is 1. The summed E-state index contributed by atoms with van der Waals surface area (Å²) in [6.45, 7) is 7.41. The van der Waals surface area contributed by atoms with Crippen LogP contribution < -0.4 is 20.3 Å². The third kappa shape index (κ3) is 5.19. The van der Waals surface area contributed by atoms with Gasteiger partial charge < -0.3 is 25.0 Å². The van der Waals surface area contributed by atoms with Gasteiger partial charge in [-0.1, -0.05) is 0 Å². The minimum Gasteiger partial charge on any atom is -0.494 e. The topological polar surface area (TPSA) is 81.1 Å². The second-order valence-electron chi connectivity index (χ2n) is 6.36. The van der Waals surface area contributed by atoms with Crippen LogP contribution in [0.4, 0.5) is 9.18 Å². The number of rotatable bonds is 8. The highest BCUT2D eigenvalue weighted by Crippen LogP contribution is 2.17. The number of carbonyl (C=O) groups excluding carboxylic acids is 2. The standard InChI is InChI=1S/C19H26FN3O4/c1-5-23(10-13-7-8-16(26-4)14(20)9-13)11-15-17(18(24)27-6-2)12(3)21-19(25)22-15/h7-9,12H,5-6,10-11H2,1-4H3,(H2,21,22,25)/p+1/t12-/m1/s1. The Morgan fingerprint density at radius 3 is 2.63 bits per heavy atom. The molecule has 0 spiro atoms. The Morgan fingerprint density at radius 1 is 1.30 bits per heavy atom. The van der Waals surface area contributed by atoms with Crippen molar-refractivity contribution in [3.05, 3.63) is 40.8 Å². The van der Waals surface area contributed by atoms with E-state index in [0.717, 1.165) is 17.0 Å². The van der Waals surface area contributed by atoms with Gasteiger partial charge in [-0.2, -0.15) is 0 Å². The summed E-state index contributed by atoms with van der Waals surface area (Å²) in [5.74, 6) is -0.664. The maximum absolute atomic E-state index is 13.9. The number of quaternary nitrogens is 1. The highest BCUT2D eigenvalue weighted by Gasteiger charge is 2.31. The van der Waals surface area contributed by atoms with Crippen molar-refractivity contribution >= 4 is 12.0 Å². The molecule has 3 N–H and O–H groups in total. The number of amides is 2. The average molecular weight is 380 g/mol. The van der Waals surface area contributed by atoms with Crippen LogP contribution in [0.2, 0.25) is 0 Å².